The average Bonchev–Trinajstić information content (AvgIpc) is 3.39. The minimum atomic E-state index is -4.41. The Morgan fingerprint density at radius 1 is 1.16 bits per heavy atom. The zero-order valence-electron chi connectivity index (χ0n) is 16.2. The number of rotatable bonds is 5. The van der Waals surface area contributed by atoms with Crippen LogP contribution in [-0.4, -0.2) is 27.4 Å². The maximum absolute atomic E-state index is 13.0. The van der Waals surface area contributed by atoms with Crippen LogP contribution in [0, 0.1) is 0 Å². The number of carbonyl (C=O) groups excluding carboxylic acids is 1. The highest BCUT2D eigenvalue weighted by molar-refractivity contribution is 7.18. The number of aromatic nitrogens is 2. The fourth-order valence-electron chi connectivity index (χ4n) is 3.12. The third kappa shape index (κ3) is 4.40. The van der Waals surface area contributed by atoms with Crippen LogP contribution < -0.4 is 5.56 Å². The number of hydrogen-bond acceptors (Lipinski definition) is 5. The van der Waals surface area contributed by atoms with Gasteiger partial charge >= 0.3 is 6.18 Å². The number of fused-ring (bicyclic) bond motifs is 1. The molecule has 3 aromatic heterocycles. The van der Waals surface area contributed by atoms with Gasteiger partial charge in [-0.3, -0.25) is 14.2 Å². The lowest BCUT2D eigenvalue weighted by atomic mass is 10.1. The van der Waals surface area contributed by atoms with E-state index in [2.05, 4.69) is 4.98 Å². The Hall–Kier alpha value is -2.98. The Balaban J connectivity index is 1.52. The molecule has 0 atom stereocenters. The van der Waals surface area contributed by atoms with Crippen LogP contribution >= 0.6 is 22.7 Å². The molecule has 10 heteroatoms. The van der Waals surface area contributed by atoms with Crippen LogP contribution in [0.15, 0.2) is 58.3 Å². The van der Waals surface area contributed by atoms with Gasteiger partial charge in [0.05, 0.1) is 17.3 Å². The molecule has 0 aliphatic rings. The van der Waals surface area contributed by atoms with Gasteiger partial charge in [0.1, 0.15) is 11.4 Å². The molecule has 0 radical (unpaired) electrons. The summed E-state index contributed by atoms with van der Waals surface area (Å²) in [5.41, 5.74) is 0.314. The Labute approximate surface area is 183 Å². The molecule has 160 valence electrons. The summed E-state index contributed by atoms with van der Waals surface area (Å²) >= 11 is 2.89. The van der Waals surface area contributed by atoms with Gasteiger partial charge in [0.15, 0.2) is 0 Å². The molecule has 1 aromatic carbocycles. The third-order valence-electron chi connectivity index (χ3n) is 4.78. The maximum atomic E-state index is 13.0. The molecular formula is C21H16F3N3O2S2. The topological polar surface area (TPSA) is 55.2 Å². The standard InChI is InChI=1S/C21H16F3N3O2S2/c1-26(9-13-4-6-14(7-5-13)21(22,23)24)17(28)10-27-12-25-19-18(20(27)29)15(11-31-19)16-3-2-8-30-16/h2-8,11-12H,9-10H2,1H3. The Bertz CT molecular complexity index is 1280. The largest absolute Gasteiger partial charge is 0.416 e. The van der Waals surface area contributed by atoms with E-state index in [4.69, 9.17) is 0 Å². The lowest BCUT2D eigenvalue weighted by Gasteiger charge is -2.18. The van der Waals surface area contributed by atoms with Crippen molar-refractivity contribution in [2.45, 2.75) is 19.3 Å². The van der Waals surface area contributed by atoms with Crippen molar-refractivity contribution in [2.24, 2.45) is 0 Å². The van der Waals surface area contributed by atoms with Crippen molar-refractivity contribution >= 4 is 38.8 Å². The number of likely N-dealkylation sites (N-methyl/N-ethyl adjacent to an activating group) is 1. The van der Waals surface area contributed by atoms with Gasteiger partial charge in [-0.2, -0.15) is 13.2 Å². The average molecular weight is 464 g/mol. The molecule has 0 aliphatic carbocycles. The quantitative estimate of drug-likeness (QED) is 0.425. The van der Waals surface area contributed by atoms with E-state index >= 15 is 0 Å². The van der Waals surface area contributed by atoms with Crippen LogP contribution in [0.25, 0.3) is 20.7 Å². The molecule has 0 bridgehead atoms. The Morgan fingerprint density at radius 3 is 2.55 bits per heavy atom. The summed E-state index contributed by atoms with van der Waals surface area (Å²) in [5, 5.41) is 4.29. The SMILES string of the molecule is CN(Cc1ccc(C(F)(F)F)cc1)C(=O)Cn1cnc2scc(-c3cccs3)c2c1=O. The first kappa shape index (κ1) is 21.3. The first-order chi connectivity index (χ1) is 14.7. The second kappa shape index (κ2) is 8.27. The zero-order chi connectivity index (χ0) is 22.2. The monoisotopic (exact) mass is 463 g/mol. The van der Waals surface area contributed by atoms with Crippen molar-refractivity contribution in [2.75, 3.05) is 7.05 Å². The molecule has 0 saturated heterocycles. The van der Waals surface area contributed by atoms with Crippen molar-refractivity contribution in [1.29, 1.82) is 0 Å². The third-order valence-corrected chi connectivity index (χ3v) is 6.57. The lowest BCUT2D eigenvalue weighted by molar-refractivity contribution is -0.137. The molecule has 4 rings (SSSR count). The van der Waals surface area contributed by atoms with E-state index in [1.807, 2.05) is 22.9 Å². The fraction of sp³-hybridized carbons (Fsp3) is 0.190. The second-order valence-electron chi connectivity index (χ2n) is 6.93. The fourth-order valence-corrected chi connectivity index (χ4v) is 4.84. The summed E-state index contributed by atoms with van der Waals surface area (Å²) in [6.07, 6.45) is -3.06. The predicted octanol–water partition coefficient (Wildman–Crippen LogP) is 4.86. The maximum Gasteiger partial charge on any atom is 0.416 e. The van der Waals surface area contributed by atoms with Crippen molar-refractivity contribution in [3.8, 4) is 10.4 Å². The van der Waals surface area contributed by atoms with Gasteiger partial charge in [0.2, 0.25) is 5.91 Å². The number of nitrogens with zero attached hydrogens (tertiary/aromatic N) is 3. The van der Waals surface area contributed by atoms with Gasteiger partial charge in [-0.25, -0.2) is 4.98 Å². The number of benzene rings is 1. The van der Waals surface area contributed by atoms with E-state index in [-0.39, 0.29) is 24.6 Å². The number of hydrogen-bond donors (Lipinski definition) is 0. The highest BCUT2D eigenvalue weighted by atomic mass is 32.1. The molecule has 0 fully saturated rings. The van der Waals surface area contributed by atoms with Crippen LogP contribution in [0.1, 0.15) is 11.1 Å². The summed E-state index contributed by atoms with van der Waals surface area (Å²) in [6, 6.07) is 8.47. The van der Waals surface area contributed by atoms with E-state index in [1.165, 1.54) is 50.6 Å². The van der Waals surface area contributed by atoms with Gasteiger partial charge in [-0.1, -0.05) is 18.2 Å². The Kier molecular flexibility index (Phi) is 5.67. The van der Waals surface area contributed by atoms with E-state index < -0.39 is 11.7 Å². The minimum absolute atomic E-state index is 0.125. The smallest absolute Gasteiger partial charge is 0.340 e. The van der Waals surface area contributed by atoms with Crippen molar-refractivity contribution in [3.05, 3.63) is 75.0 Å². The molecular weight excluding hydrogens is 447 g/mol. The summed E-state index contributed by atoms with van der Waals surface area (Å²) in [4.78, 5) is 32.9. The van der Waals surface area contributed by atoms with Crippen LogP contribution in [0.3, 0.4) is 0 Å². The van der Waals surface area contributed by atoms with Crippen LogP contribution in [0.2, 0.25) is 0 Å². The first-order valence-electron chi connectivity index (χ1n) is 9.14. The summed E-state index contributed by atoms with van der Waals surface area (Å²) in [7, 11) is 1.54. The zero-order valence-corrected chi connectivity index (χ0v) is 17.9. The highest BCUT2D eigenvalue weighted by Crippen LogP contribution is 2.33. The molecule has 1 amide bonds. The normalized spacial score (nSPS) is 11.7. The highest BCUT2D eigenvalue weighted by Gasteiger charge is 2.30. The van der Waals surface area contributed by atoms with Crippen LogP contribution in [-0.2, 0) is 24.1 Å². The van der Waals surface area contributed by atoms with Crippen LogP contribution in [0.4, 0.5) is 13.2 Å². The second-order valence-corrected chi connectivity index (χ2v) is 8.73. The van der Waals surface area contributed by atoms with E-state index in [9.17, 15) is 22.8 Å². The molecule has 31 heavy (non-hydrogen) atoms. The van der Waals surface area contributed by atoms with Crippen molar-refractivity contribution in [3.63, 3.8) is 0 Å². The number of thiophene rings is 2. The molecule has 3 heterocycles. The van der Waals surface area contributed by atoms with Gasteiger partial charge in [-0.05, 0) is 29.1 Å². The number of amides is 1. The molecule has 5 nitrogen and oxygen atoms in total. The van der Waals surface area contributed by atoms with Crippen molar-refractivity contribution < 1.29 is 18.0 Å². The van der Waals surface area contributed by atoms with E-state index in [1.54, 1.807) is 7.05 Å². The Morgan fingerprint density at radius 2 is 1.90 bits per heavy atom. The minimum Gasteiger partial charge on any atom is -0.340 e. The molecule has 0 spiro atoms. The first-order valence-corrected chi connectivity index (χ1v) is 10.9. The molecule has 0 aliphatic heterocycles. The molecule has 0 saturated carbocycles. The van der Waals surface area contributed by atoms with Gasteiger partial charge in [0.25, 0.3) is 5.56 Å². The predicted molar refractivity (Wildman–Crippen MR) is 115 cm³/mol. The van der Waals surface area contributed by atoms with E-state index in [0.29, 0.717) is 15.8 Å². The number of halogens is 3. The summed E-state index contributed by atoms with van der Waals surface area (Å²) < 4.78 is 39.3. The summed E-state index contributed by atoms with van der Waals surface area (Å²) in [5.74, 6) is -0.351. The van der Waals surface area contributed by atoms with E-state index in [0.717, 1.165) is 22.6 Å². The van der Waals surface area contributed by atoms with Gasteiger partial charge < -0.3 is 4.90 Å². The summed E-state index contributed by atoms with van der Waals surface area (Å²) in [6.45, 7) is -0.0844. The lowest BCUT2D eigenvalue weighted by Crippen LogP contribution is -2.33. The van der Waals surface area contributed by atoms with Crippen molar-refractivity contribution in [1.82, 2.24) is 14.5 Å². The number of carbonyl (C=O) groups is 1. The molecule has 4 aromatic rings. The van der Waals surface area contributed by atoms with Gasteiger partial charge in [-0.15, -0.1) is 22.7 Å². The molecule has 0 N–H and O–H groups in total. The van der Waals surface area contributed by atoms with Crippen LogP contribution in [0.5, 0.6) is 0 Å². The molecule has 0 unspecified atom stereocenters. The van der Waals surface area contributed by atoms with Gasteiger partial charge in [0, 0.05) is 29.4 Å². The number of alkyl halides is 3.